The Balaban J connectivity index is 2.17. The van der Waals surface area contributed by atoms with Crippen LogP contribution in [-0.4, -0.2) is 41.3 Å². The fourth-order valence-electron chi connectivity index (χ4n) is 2.68. The Morgan fingerprint density at radius 3 is 3.00 bits per heavy atom. The second-order valence-electron chi connectivity index (χ2n) is 5.19. The van der Waals surface area contributed by atoms with Gasteiger partial charge >= 0.3 is 0 Å². The molecular formula is C13H19N5OS. The lowest BCUT2D eigenvalue weighted by molar-refractivity contribution is 0.160. The summed E-state index contributed by atoms with van der Waals surface area (Å²) in [6, 6.07) is 0. The highest BCUT2D eigenvalue weighted by molar-refractivity contribution is 7.19. The molecule has 0 radical (unpaired) electrons. The Hall–Kier alpha value is -1.44. The molecule has 108 valence electrons. The molecule has 0 amide bonds. The Morgan fingerprint density at radius 2 is 2.25 bits per heavy atom. The van der Waals surface area contributed by atoms with E-state index in [0.29, 0.717) is 13.0 Å². The minimum absolute atomic E-state index is 0.275. The van der Waals surface area contributed by atoms with Crippen molar-refractivity contribution in [2.45, 2.75) is 25.4 Å². The summed E-state index contributed by atoms with van der Waals surface area (Å²) >= 11 is 1.72. The van der Waals surface area contributed by atoms with Gasteiger partial charge in [-0.1, -0.05) is 0 Å². The van der Waals surface area contributed by atoms with Crippen molar-refractivity contribution in [2.24, 2.45) is 5.73 Å². The molecule has 7 heteroatoms. The number of nitrogens with two attached hydrogens (primary N) is 2. The maximum absolute atomic E-state index is 9.87. The highest BCUT2D eigenvalue weighted by atomic mass is 32.1. The highest BCUT2D eigenvalue weighted by Gasteiger charge is 2.25. The summed E-state index contributed by atoms with van der Waals surface area (Å²) in [5.41, 5.74) is 13.5. The molecule has 1 aliphatic carbocycles. The highest BCUT2D eigenvalue weighted by Crippen LogP contribution is 2.39. The molecule has 0 aliphatic heterocycles. The van der Waals surface area contributed by atoms with Gasteiger partial charge in [-0.3, -0.25) is 0 Å². The number of hydrogen-bond acceptors (Lipinski definition) is 7. The lowest BCUT2D eigenvalue weighted by atomic mass is 9.96. The molecule has 2 aromatic heterocycles. The lowest BCUT2D eigenvalue weighted by Gasteiger charge is -2.18. The second kappa shape index (κ2) is 5.16. The smallest absolute Gasteiger partial charge is 0.222 e. The van der Waals surface area contributed by atoms with Gasteiger partial charge in [0.15, 0.2) is 5.82 Å². The van der Waals surface area contributed by atoms with E-state index >= 15 is 0 Å². The number of fused-ring (bicyclic) bond motifs is 3. The summed E-state index contributed by atoms with van der Waals surface area (Å²) in [7, 11) is 1.96. The number of aromatic nitrogens is 2. The summed E-state index contributed by atoms with van der Waals surface area (Å²) < 4.78 is 1.05. The predicted molar refractivity (Wildman–Crippen MR) is 82.2 cm³/mol. The van der Waals surface area contributed by atoms with Crippen molar-refractivity contribution in [3.8, 4) is 0 Å². The number of nitrogens with zero attached hydrogens (tertiary/aromatic N) is 3. The zero-order chi connectivity index (χ0) is 14.3. The molecule has 2 heterocycles. The molecule has 5 N–H and O–H groups in total. The van der Waals surface area contributed by atoms with Gasteiger partial charge in [-0.2, -0.15) is 4.98 Å². The maximum Gasteiger partial charge on any atom is 0.222 e. The first-order chi connectivity index (χ1) is 9.60. The molecule has 0 fully saturated rings. The quantitative estimate of drug-likeness (QED) is 0.762. The van der Waals surface area contributed by atoms with Crippen molar-refractivity contribution >= 4 is 33.3 Å². The third-order valence-corrected chi connectivity index (χ3v) is 4.96. The number of aliphatic hydroxyl groups excluding tert-OH is 1. The third kappa shape index (κ3) is 2.21. The fraction of sp³-hybridized carbons (Fsp3) is 0.538. The summed E-state index contributed by atoms with van der Waals surface area (Å²) in [6.07, 6.45) is 2.10. The molecule has 6 nitrogen and oxygen atoms in total. The van der Waals surface area contributed by atoms with Crippen LogP contribution < -0.4 is 16.4 Å². The molecular weight excluding hydrogens is 274 g/mol. The zero-order valence-electron chi connectivity index (χ0n) is 11.5. The average Bonchev–Trinajstić information content (AvgIpc) is 2.76. The van der Waals surface area contributed by atoms with Crippen molar-refractivity contribution in [1.29, 1.82) is 0 Å². The van der Waals surface area contributed by atoms with E-state index in [1.165, 1.54) is 4.88 Å². The van der Waals surface area contributed by atoms with E-state index in [1.54, 1.807) is 11.3 Å². The molecule has 20 heavy (non-hydrogen) atoms. The van der Waals surface area contributed by atoms with Crippen LogP contribution in [0.4, 0.5) is 11.8 Å². The first kappa shape index (κ1) is 13.5. The van der Waals surface area contributed by atoms with Gasteiger partial charge in [-0.25, -0.2) is 4.98 Å². The largest absolute Gasteiger partial charge is 0.393 e. The van der Waals surface area contributed by atoms with E-state index in [0.717, 1.165) is 41.0 Å². The SMILES string of the molecule is CN(CCN)c1nc(N)nc2c3c(sc12)CCC(O)C3. The van der Waals surface area contributed by atoms with Crippen molar-refractivity contribution in [2.75, 3.05) is 30.8 Å². The molecule has 2 aromatic rings. The second-order valence-corrected chi connectivity index (χ2v) is 6.30. The van der Waals surface area contributed by atoms with Crippen molar-refractivity contribution in [3.63, 3.8) is 0 Å². The molecule has 1 atom stereocenters. The van der Waals surface area contributed by atoms with Gasteiger partial charge in [0.05, 0.1) is 16.3 Å². The number of likely N-dealkylation sites (N-methyl/N-ethyl adjacent to an activating group) is 1. The Labute approximate surface area is 121 Å². The normalized spacial score (nSPS) is 18.2. The topological polar surface area (TPSA) is 101 Å². The zero-order valence-corrected chi connectivity index (χ0v) is 12.3. The first-order valence-electron chi connectivity index (χ1n) is 6.77. The van der Waals surface area contributed by atoms with Crippen molar-refractivity contribution < 1.29 is 5.11 Å². The van der Waals surface area contributed by atoms with Crippen LogP contribution in [0.5, 0.6) is 0 Å². The predicted octanol–water partition coefficient (Wildman–Crippen LogP) is 0.518. The van der Waals surface area contributed by atoms with Gasteiger partial charge in [0.1, 0.15) is 0 Å². The number of hydrogen-bond donors (Lipinski definition) is 3. The van der Waals surface area contributed by atoms with Crippen LogP contribution in [-0.2, 0) is 12.8 Å². The van der Waals surface area contributed by atoms with Gasteiger partial charge in [0.25, 0.3) is 0 Å². The molecule has 1 unspecified atom stereocenters. The number of thiophene rings is 1. The minimum Gasteiger partial charge on any atom is -0.393 e. The van der Waals surface area contributed by atoms with Crippen LogP contribution in [0, 0.1) is 0 Å². The van der Waals surface area contributed by atoms with E-state index in [2.05, 4.69) is 9.97 Å². The minimum atomic E-state index is -0.276. The Kier molecular flexibility index (Phi) is 3.49. The molecule has 0 spiro atoms. The lowest BCUT2D eigenvalue weighted by Crippen LogP contribution is -2.26. The Morgan fingerprint density at radius 1 is 1.45 bits per heavy atom. The van der Waals surface area contributed by atoms with Gasteiger partial charge in [0.2, 0.25) is 5.95 Å². The number of aryl methyl sites for hydroxylation is 1. The van der Waals surface area contributed by atoms with Crippen LogP contribution in [0.2, 0.25) is 0 Å². The number of aliphatic hydroxyl groups is 1. The van der Waals surface area contributed by atoms with Crippen LogP contribution in [0.15, 0.2) is 0 Å². The van der Waals surface area contributed by atoms with Gasteiger partial charge < -0.3 is 21.5 Å². The number of rotatable bonds is 3. The number of anilines is 2. The maximum atomic E-state index is 9.87. The van der Waals surface area contributed by atoms with E-state index < -0.39 is 0 Å². The molecule has 0 saturated heterocycles. The monoisotopic (exact) mass is 293 g/mol. The summed E-state index contributed by atoms with van der Waals surface area (Å²) in [5.74, 6) is 1.11. The van der Waals surface area contributed by atoms with Gasteiger partial charge in [0, 0.05) is 31.4 Å². The summed E-state index contributed by atoms with van der Waals surface area (Å²) in [5, 5.41) is 9.87. The standard InChI is InChI=1S/C13H19N5OS/c1-18(5-4-14)12-11-10(16-13(15)17-12)8-6-7(19)2-3-9(8)20-11/h7,19H,2-6,14H2,1H3,(H2,15,16,17). The van der Waals surface area contributed by atoms with Crippen LogP contribution in [0.1, 0.15) is 16.9 Å². The molecule has 1 aliphatic rings. The van der Waals surface area contributed by atoms with Gasteiger partial charge in [-0.15, -0.1) is 11.3 Å². The van der Waals surface area contributed by atoms with Gasteiger partial charge in [-0.05, 0) is 18.4 Å². The van der Waals surface area contributed by atoms with Crippen molar-refractivity contribution in [3.05, 3.63) is 10.4 Å². The van der Waals surface area contributed by atoms with E-state index in [9.17, 15) is 5.11 Å². The molecule has 0 saturated carbocycles. The van der Waals surface area contributed by atoms with Crippen LogP contribution >= 0.6 is 11.3 Å². The Bertz CT molecular complexity index is 641. The molecule has 3 rings (SSSR count). The van der Waals surface area contributed by atoms with Crippen LogP contribution in [0.3, 0.4) is 0 Å². The number of nitrogen functional groups attached to an aromatic ring is 1. The summed E-state index contributed by atoms with van der Waals surface area (Å²) in [4.78, 5) is 12.1. The fourth-order valence-corrected chi connectivity index (χ4v) is 4.00. The average molecular weight is 293 g/mol. The molecule has 0 bridgehead atoms. The van der Waals surface area contributed by atoms with E-state index in [1.807, 2.05) is 11.9 Å². The van der Waals surface area contributed by atoms with Crippen molar-refractivity contribution in [1.82, 2.24) is 9.97 Å². The third-order valence-electron chi connectivity index (χ3n) is 3.68. The first-order valence-corrected chi connectivity index (χ1v) is 7.58. The summed E-state index contributed by atoms with van der Waals surface area (Å²) in [6.45, 7) is 1.28. The van der Waals surface area contributed by atoms with Crippen LogP contribution in [0.25, 0.3) is 10.2 Å². The molecule has 0 aromatic carbocycles. The van der Waals surface area contributed by atoms with E-state index in [-0.39, 0.29) is 12.1 Å². The van der Waals surface area contributed by atoms with E-state index in [4.69, 9.17) is 11.5 Å².